The van der Waals surface area contributed by atoms with E-state index in [1.807, 2.05) is 6.92 Å². The Bertz CT molecular complexity index is 359. The minimum Gasteiger partial charge on any atom is -0.340 e. The molecule has 0 saturated carbocycles. The summed E-state index contributed by atoms with van der Waals surface area (Å²) in [6, 6.07) is 0. The highest BCUT2D eigenvalue weighted by Crippen LogP contribution is 2.20. The van der Waals surface area contributed by atoms with Crippen molar-refractivity contribution in [1.29, 1.82) is 0 Å². The van der Waals surface area contributed by atoms with Crippen LogP contribution < -0.4 is 5.32 Å². The van der Waals surface area contributed by atoms with Gasteiger partial charge in [-0.2, -0.15) is 4.98 Å². The molecule has 0 radical (unpaired) electrons. The Balaban J connectivity index is 1.98. The molecule has 0 amide bonds. The van der Waals surface area contributed by atoms with Crippen molar-refractivity contribution in [3.8, 4) is 0 Å². The minimum absolute atomic E-state index is 0.261. The quantitative estimate of drug-likeness (QED) is 0.858. The van der Waals surface area contributed by atoms with Crippen LogP contribution in [0, 0.1) is 6.92 Å². The number of rotatable bonds is 4. The summed E-state index contributed by atoms with van der Waals surface area (Å²) in [6.45, 7) is 10.3. The molecular weight excluding hydrogens is 216 g/mol. The maximum atomic E-state index is 5.01. The molecule has 0 atom stereocenters. The minimum atomic E-state index is 0.261. The molecule has 1 aliphatic heterocycles. The van der Waals surface area contributed by atoms with Crippen LogP contribution in [0.2, 0.25) is 0 Å². The molecule has 17 heavy (non-hydrogen) atoms. The number of aromatic nitrogens is 2. The predicted octanol–water partition coefficient (Wildman–Crippen LogP) is 1.34. The third-order valence-corrected chi connectivity index (χ3v) is 3.74. The predicted molar refractivity (Wildman–Crippen MR) is 65.6 cm³/mol. The second-order valence-electron chi connectivity index (χ2n) is 4.85. The summed E-state index contributed by atoms with van der Waals surface area (Å²) in [5.74, 6) is 1.44. The fourth-order valence-electron chi connectivity index (χ4n) is 2.51. The second kappa shape index (κ2) is 5.14. The van der Waals surface area contributed by atoms with Gasteiger partial charge in [0.1, 0.15) is 0 Å². The van der Waals surface area contributed by atoms with Crippen molar-refractivity contribution >= 4 is 0 Å². The molecule has 0 spiro atoms. The molecule has 0 aliphatic carbocycles. The van der Waals surface area contributed by atoms with E-state index in [4.69, 9.17) is 4.52 Å². The first-order chi connectivity index (χ1) is 8.17. The van der Waals surface area contributed by atoms with Gasteiger partial charge in [-0.3, -0.25) is 4.90 Å². The van der Waals surface area contributed by atoms with E-state index in [-0.39, 0.29) is 5.54 Å². The third kappa shape index (κ3) is 2.84. The van der Waals surface area contributed by atoms with Gasteiger partial charge in [-0.15, -0.1) is 0 Å². The van der Waals surface area contributed by atoms with Crippen molar-refractivity contribution in [2.45, 2.75) is 45.7 Å². The Kier molecular flexibility index (Phi) is 3.79. The number of hydrogen-bond acceptors (Lipinski definition) is 5. The molecule has 0 aromatic carbocycles. The van der Waals surface area contributed by atoms with E-state index in [0.717, 1.165) is 44.8 Å². The first kappa shape index (κ1) is 12.5. The van der Waals surface area contributed by atoms with E-state index in [1.54, 1.807) is 0 Å². The zero-order chi connectivity index (χ0) is 12.3. The first-order valence-electron chi connectivity index (χ1n) is 6.44. The Morgan fingerprint density at radius 3 is 2.76 bits per heavy atom. The molecule has 1 saturated heterocycles. The Morgan fingerprint density at radius 1 is 1.41 bits per heavy atom. The molecule has 0 unspecified atom stereocenters. The highest BCUT2D eigenvalue weighted by molar-refractivity contribution is 4.94. The number of hydrogen-bond donors (Lipinski definition) is 1. The van der Waals surface area contributed by atoms with Crippen molar-refractivity contribution in [2.24, 2.45) is 0 Å². The SMILES string of the molecule is CCC1(CC)CN(Cc2noc(C)n2)CCN1. The van der Waals surface area contributed by atoms with Crippen LogP contribution in [0.3, 0.4) is 0 Å². The van der Waals surface area contributed by atoms with Crippen LogP contribution in [-0.4, -0.2) is 40.2 Å². The summed E-state index contributed by atoms with van der Waals surface area (Å²) >= 11 is 0. The van der Waals surface area contributed by atoms with Gasteiger partial charge >= 0.3 is 0 Å². The Labute approximate surface area is 103 Å². The van der Waals surface area contributed by atoms with Crippen molar-refractivity contribution in [1.82, 2.24) is 20.4 Å². The van der Waals surface area contributed by atoms with Gasteiger partial charge in [0.2, 0.25) is 5.89 Å². The summed E-state index contributed by atoms with van der Waals surface area (Å²) in [6.07, 6.45) is 2.32. The van der Waals surface area contributed by atoms with E-state index >= 15 is 0 Å². The molecule has 2 rings (SSSR count). The van der Waals surface area contributed by atoms with Crippen LogP contribution in [0.4, 0.5) is 0 Å². The van der Waals surface area contributed by atoms with Gasteiger partial charge in [0.25, 0.3) is 0 Å². The van der Waals surface area contributed by atoms with E-state index in [1.165, 1.54) is 0 Å². The van der Waals surface area contributed by atoms with Crippen molar-refractivity contribution in [3.63, 3.8) is 0 Å². The summed E-state index contributed by atoms with van der Waals surface area (Å²) in [7, 11) is 0. The smallest absolute Gasteiger partial charge is 0.223 e. The molecule has 5 nitrogen and oxygen atoms in total. The largest absolute Gasteiger partial charge is 0.340 e. The van der Waals surface area contributed by atoms with Gasteiger partial charge in [0.05, 0.1) is 6.54 Å². The van der Waals surface area contributed by atoms with E-state index in [2.05, 4.69) is 34.2 Å². The molecule has 5 heteroatoms. The maximum Gasteiger partial charge on any atom is 0.223 e. The lowest BCUT2D eigenvalue weighted by molar-refractivity contribution is 0.115. The van der Waals surface area contributed by atoms with Crippen LogP contribution in [-0.2, 0) is 6.54 Å². The zero-order valence-electron chi connectivity index (χ0n) is 11.0. The van der Waals surface area contributed by atoms with Crippen LogP contribution in [0.1, 0.15) is 38.4 Å². The summed E-state index contributed by atoms with van der Waals surface area (Å²) in [5, 5.41) is 7.61. The topological polar surface area (TPSA) is 54.2 Å². The highest BCUT2D eigenvalue weighted by Gasteiger charge is 2.31. The molecule has 1 aromatic rings. The average molecular weight is 238 g/mol. The zero-order valence-corrected chi connectivity index (χ0v) is 11.0. The van der Waals surface area contributed by atoms with Crippen LogP contribution in [0.15, 0.2) is 4.52 Å². The normalized spacial score (nSPS) is 20.6. The number of nitrogens with zero attached hydrogens (tertiary/aromatic N) is 3. The fourth-order valence-corrected chi connectivity index (χ4v) is 2.51. The van der Waals surface area contributed by atoms with E-state index in [9.17, 15) is 0 Å². The first-order valence-corrected chi connectivity index (χ1v) is 6.44. The molecule has 96 valence electrons. The van der Waals surface area contributed by atoms with Gasteiger partial charge in [-0.1, -0.05) is 19.0 Å². The highest BCUT2D eigenvalue weighted by atomic mass is 16.5. The lowest BCUT2D eigenvalue weighted by Gasteiger charge is -2.42. The van der Waals surface area contributed by atoms with Crippen molar-refractivity contribution in [2.75, 3.05) is 19.6 Å². The fraction of sp³-hybridized carbons (Fsp3) is 0.833. The second-order valence-corrected chi connectivity index (χ2v) is 4.85. The molecule has 1 fully saturated rings. The standard InChI is InChI=1S/C12H22N4O/c1-4-12(5-2)9-16(7-6-13-12)8-11-14-10(3)17-15-11/h13H,4-9H2,1-3H3. The monoisotopic (exact) mass is 238 g/mol. The summed E-state index contributed by atoms with van der Waals surface area (Å²) in [4.78, 5) is 6.67. The van der Waals surface area contributed by atoms with Gasteiger partial charge < -0.3 is 9.84 Å². The number of piperazine rings is 1. The molecule has 1 aromatic heterocycles. The van der Waals surface area contributed by atoms with E-state index in [0.29, 0.717) is 5.89 Å². The maximum absolute atomic E-state index is 5.01. The van der Waals surface area contributed by atoms with Crippen LogP contribution in [0.5, 0.6) is 0 Å². The van der Waals surface area contributed by atoms with Crippen molar-refractivity contribution in [3.05, 3.63) is 11.7 Å². The number of nitrogens with one attached hydrogen (secondary N) is 1. The van der Waals surface area contributed by atoms with Gasteiger partial charge in [0, 0.05) is 32.1 Å². The lowest BCUT2D eigenvalue weighted by Crippen LogP contribution is -2.59. The Morgan fingerprint density at radius 2 is 2.18 bits per heavy atom. The van der Waals surface area contributed by atoms with E-state index < -0.39 is 0 Å². The molecular formula is C12H22N4O. The van der Waals surface area contributed by atoms with Crippen LogP contribution in [0.25, 0.3) is 0 Å². The molecule has 2 heterocycles. The number of aryl methyl sites for hydroxylation is 1. The molecule has 1 aliphatic rings. The molecule has 0 bridgehead atoms. The van der Waals surface area contributed by atoms with Crippen LogP contribution >= 0.6 is 0 Å². The van der Waals surface area contributed by atoms with Gasteiger partial charge in [-0.05, 0) is 12.8 Å². The van der Waals surface area contributed by atoms with Gasteiger partial charge in [-0.25, -0.2) is 0 Å². The summed E-state index contributed by atoms with van der Waals surface area (Å²) in [5.41, 5.74) is 0.261. The average Bonchev–Trinajstić information content (AvgIpc) is 2.75. The molecule has 1 N–H and O–H groups in total. The third-order valence-electron chi connectivity index (χ3n) is 3.74. The lowest BCUT2D eigenvalue weighted by atomic mass is 9.90. The Hall–Kier alpha value is -0.940. The summed E-state index contributed by atoms with van der Waals surface area (Å²) < 4.78 is 5.01. The van der Waals surface area contributed by atoms with Crippen molar-refractivity contribution < 1.29 is 4.52 Å². The van der Waals surface area contributed by atoms with Gasteiger partial charge in [0.15, 0.2) is 5.82 Å².